The molecule has 1 fully saturated rings. The first-order valence-electron chi connectivity index (χ1n) is 8.12. The molecule has 2 aromatic rings. The summed E-state index contributed by atoms with van der Waals surface area (Å²) in [5.74, 6) is 0. The lowest BCUT2D eigenvalue weighted by Gasteiger charge is -2.38. The van der Waals surface area contributed by atoms with Crippen LogP contribution < -0.4 is 10.6 Å². The Balaban J connectivity index is 2.10. The van der Waals surface area contributed by atoms with Gasteiger partial charge in [-0.1, -0.05) is 13.3 Å². The summed E-state index contributed by atoms with van der Waals surface area (Å²) in [5.41, 5.74) is 9.35. The highest BCUT2D eigenvalue weighted by atomic mass is 15.2. The van der Waals surface area contributed by atoms with Crippen LogP contribution in [0, 0.1) is 6.92 Å². The van der Waals surface area contributed by atoms with E-state index >= 15 is 0 Å². The summed E-state index contributed by atoms with van der Waals surface area (Å²) in [5, 5.41) is 2.34. The summed E-state index contributed by atoms with van der Waals surface area (Å²) in [6.45, 7) is 5.49. The minimum atomic E-state index is 0.670. The Morgan fingerprint density at radius 3 is 2.95 bits per heavy atom. The summed E-state index contributed by atoms with van der Waals surface area (Å²) < 4.78 is 0. The molecule has 2 N–H and O–H groups in total. The average Bonchev–Trinajstić information content (AvgIpc) is 2.49. The maximum absolute atomic E-state index is 6.14. The molecule has 2 heterocycles. The molecule has 0 saturated carbocycles. The number of fused-ring (bicyclic) bond motifs is 1. The molecular weight excluding hydrogens is 258 g/mol. The van der Waals surface area contributed by atoms with Gasteiger partial charge in [0.1, 0.15) is 0 Å². The largest absolute Gasteiger partial charge is 0.398 e. The zero-order chi connectivity index (χ0) is 14.8. The van der Waals surface area contributed by atoms with Gasteiger partial charge in [0.2, 0.25) is 0 Å². The number of benzene rings is 1. The maximum atomic E-state index is 6.14. The highest BCUT2D eigenvalue weighted by molar-refractivity contribution is 6.01. The molecule has 1 saturated heterocycles. The molecule has 21 heavy (non-hydrogen) atoms. The Kier molecular flexibility index (Phi) is 4.00. The van der Waals surface area contributed by atoms with Crippen molar-refractivity contribution in [2.24, 2.45) is 0 Å². The monoisotopic (exact) mass is 283 g/mol. The molecule has 0 spiro atoms. The molecule has 1 aliphatic rings. The zero-order valence-electron chi connectivity index (χ0n) is 13.1. The Morgan fingerprint density at radius 1 is 1.29 bits per heavy atom. The van der Waals surface area contributed by atoms with Crippen LogP contribution in [0.25, 0.3) is 10.8 Å². The van der Waals surface area contributed by atoms with Crippen molar-refractivity contribution in [3.63, 3.8) is 0 Å². The van der Waals surface area contributed by atoms with E-state index in [-0.39, 0.29) is 0 Å². The fourth-order valence-corrected chi connectivity index (χ4v) is 3.55. The van der Waals surface area contributed by atoms with Crippen molar-refractivity contribution in [3.8, 4) is 0 Å². The third kappa shape index (κ3) is 2.69. The molecule has 1 atom stereocenters. The number of pyridine rings is 1. The van der Waals surface area contributed by atoms with Gasteiger partial charge >= 0.3 is 0 Å². The molecule has 1 aromatic heterocycles. The third-order valence-electron chi connectivity index (χ3n) is 4.61. The van der Waals surface area contributed by atoms with E-state index in [0.717, 1.165) is 23.3 Å². The summed E-state index contributed by atoms with van der Waals surface area (Å²) in [6, 6.07) is 7.08. The molecular formula is C18H25N3. The third-order valence-corrected chi connectivity index (χ3v) is 4.61. The molecule has 1 aliphatic heterocycles. The normalized spacial score (nSPS) is 19.1. The van der Waals surface area contributed by atoms with Gasteiger partial charge in [-0.3, -0.25) is 4.98 Å². The van der Waals surface area contributed by atoms with E-state index in [1.54, 1.807) is 0 Å². The van der Waals surface area contributed by atoms with Gasteiger partial charge in [-0.15, -0.1) is 0 Å². The van der Waals surface area contributed by atoms with E-state index in [1.807, 2.05) is 19.2 Å². The van der Waals surface area contributed by atoms with Crippen LogP contribution in [-0.2, 0) is 0 Å². The Morgan fingerprint density at radius 2 is 2.14 bits per heavy atom. The van der Waals surface area contributed by atoms with E-state index in [1.165, 1.54) is 43.2 Å². The SMILES string of the molecule is CCCC1CCCCN1c1ccc(N)c2cnc(C)cc12. The predicted molar refractivity (Wildman–Crippen MR) is 90.8 cm³/mol. The first-order chi connectivity index (χ1) is 10.2. The van der Waals surface area contributed by atoms with Crippen LogP contribution in [0.3, 0.4) is 0 Å². The molecule has 1 aromatic carbocycles. The number of nitrogens with zero attached hydrogens (tertiary/aromatic N) is 2. The van der Waals surface area contributed by atoms with Crippen molar-refractivity contribution in [1.82, 2.24) is 4.98 Å². The number of rotatable bonds is 3. The molecule has 3 heteroatoms. The van der Waals surface area contributed by atoms with Gasteiger partial charge in [0.15, 0.2) is 0 Å². The Bertz CT molecular complexity index is 634. The van der Waals surface area contributed by atoms with Gasteiger partial charge in [-0.05, 0) is 50.8 Å². The lowest BCUT2D eigenvalue weighted by molar-refractivity contribution is 0.435. The summed E-state index contributed by atoms with van der Waals surface area (Å²) in [4.78, 5) is 7.02. The molecule has 0 bridgehead atoms. The summed E-state index contributed by atoms with van der Waals surface area (Å²) >= 11 is 0. The van der Waals surface area contributed by atoms with Crippen molar-refractivity contribution < 1.29 is 0 Å². The van der Waals surface area contributed by atoms with Crippen LogP contribution in [0.4, 0.5) is 11.4 Å². The van der Waals surface area contributed by atoms with Gasteiger partial charge in [0.25, 0.3) is 0 Å². The molecule has 0 radical (unpaired) electrons. The number of anilines is 2. The lowest BCUT2D eigenvalue weighted by atomic mass is 9.96. The first kappa shape index (κ1) is 14.2. The van der Waals surface area contributed by atoms with E-state index in [0.29, 0.717) is 6.04 Å². The quantitative estimate of drug-likeness (QED) is 0.855. The first-order valence-corrected chi connectivity index (χ1v) is 8.12. The van der Waals surface area contributed by atoms with Crippen LogP contribution in [0.1, 0.15) is 44.7 Å². The fraction of sp³-hybridized carbons (Fsp3) is 0.500. The maximum Gasteiger partial charge on any atom is 0.0451 e. The van der Waals surface area contributed by atoms with Crippen molar-refractivity contribution >= 4 is 22.1 Å². The van der Waals surface area contributed by atoms with E-state index in [9.17, 15) is 0 Å². The Labute approximate surface area is 127 Å². The average molecular weight is 283 g/mol. The topological polar surface area (TPSA) is 42.1 Å². The number of piperidine rings is 1. The number of nitrogen functional groups attached to an aromatic ring is 1. The molecule has 3 rings (SSSR count). The molecule has 0 aliphatic carbocycles. The van der Waals surface area contributed by atoms with Crippen molar-refractivity contribution in [3.05, 3.63) is 30.1 Å². The number of hydrogen-bond acceptors (Lipinski definition) is 3. The van der Waals surface area contributed by atoms with Gasteiger partial charge in [-0.2, -0.15) is 0 Å². The van der Waals surface area contributed by atoms with Crippen LogP contribution in [-0.4, -0.2) is 17.6 Å². The number of hydrogen-bond donors (Lipinski definition) is 1. The van der Waals surface area contributed by atoms with Gasteiger partial charge in [0.05, 0.1) is 0 Å². The van der Waals surface area contributed by atoms with Crippen LogP contribution >= 0.6 is 0 Å². The van der Waals surface area contributed by atoms with E-state index in [4.69, 9.17) is 5.73 Å². The zero-order valence-corrected chi connectivity index (χ0v) is 13.1. The minimum absolute atomic E-state index is 0.670. The molecule has 112 valence electrons. The molecule has 0 amide bonds. The van der Waals surface area contributed by atoms with Gasteiger partial charge < -0.3 is 10.6 Å². The highest BCUT2D eigenvalue weighted by Gasteiger charge is 2.23. The van der Waals surface area contributed by atoms with E-state index in [2.05, 4.69) is 28.9 Å². The lowest BCUT2D eigenvalue weighted by Crippen LogP contribution is -2.39. The van der Waals surface area contributed by atoms with Crippen LogP contribution in [0.2, 0.25) is 0 Å². The molecule has 3 nitrogen and oxygen atoms in total. The standard InChI is InChI=1S/C18H25N3/c1-3-6-14-7-4-5-10-21(14)18-9-8-17(19)16-12-20-13(2)11-15(16)18/h8-9,11-12,14H,3-7,10,19H2,1-2H3. The van der Waals surface area contributed by atoms with Crippen LogP contribution in [0.5, 0.6) is 0 Å². The second kappa shape index (κ2) is 5.92. The highest BCUT2D eigenvalue weighted by Crippen LogP contribution is 2.35. The summed E-state index contributed by atoms with van der Waals surface area (Å²) in [7, 11) is 0. The van der Waals surface area contributed by atoms with Gasteiger partial charge in [-0.25, -0.2) is 0 Å². The predicted octanol–water partition coefficient (Wildman–Crippen LogP) is 4.28. The molecule has 1 unspecified atom stereocenters. The second-order valence-electron chi connectivity index (χ2n) is 6.18. The minimum Gasteiger partial charge on any atom is -0.398 e. The Hall–Kier alpha value is -1.77. The summed E-state index contributed by atoms with van der Waals surface area (Å²) in [6.07, 6.45) is 8.39. The van der Waals surface area contributed by atoms with E-state index < -0.39 is 0 Å². The van der Waals surface area contributed by atoms with Crippen LogP contribution in [0.15, 0.2) is 24.4 Å². The smallest absolute Gasteiger partial charge is 0.0451 e. The van der Waals surface area contributed by atoms with Crippen molar-refractivity contribution in [2.45, 2.75) is 52.0 Å². The number of aromatic nitrogens is 1. The van der Waals surface area contributed by atoms with Crippen molar-refractivity contribution in [2.75, 3.05) is 17.2 Å². The van der Waals surface area contributed by atoms with Gasteiger partial charge in [0, 0.05) is 46.6 Å². The fourth-order valence-electron chi connectivity index (χ4n) is 3.55. The number of nitrogens with two attached hydrogens (primary N) is 1. The van der Waals surface area contributed by atoms with Crippen molar-refractivity contribution in [1.29, 1.82) is 0 Å². The number of aryl methyl sites for hydroxylation is 1. The second-order valence-corrected chi connectivity index (χ2v) is 6.18.